The number of hydrogen-bond acceptors (Lipinski definition) is 3. The Morgan fingerprint density at radius 2 is 0.925 bits per heavy atom. The van der Waals surface area contributed by atoms with E-state index >= 15 is 0 Å². The lowest BCUT2D eigenvalue weighted by Gasteiger charge is -2.27. The van der Waals surface area contributed by atoms with Crippen molar-refractivity contribution >= 4 is 82.5 Å². The summed E-state index contributed by atoms with van der Waals surface area (Å²) < 4.78 is 13.3. The molecule has 3 heteroatoms. The van der Waals surface area contributed by atoms with E-state index in [4.69, 9.17) is 8.83 Å². The number of rotatable bonds is 5. The minimum absolute atomic E-state index is 0.850. The van der Waals surface area contributed by atoms with Crippen LogP contribution in [0.25, 0.3) is 87.7 Å². The lowest BCUT2D eigenvalue weighted by molar-refractivity contribution is 0.669. The topological polar surface area (TPSA) is 29.5 Å². The van der Waals surface area contributed by atoms with E-state index in [1.54, 1.807) is 0 Å². The van der Waals surface area contributed by atoms with Crippen LogP contribution in [0.2, 0.25) is 0 Å². The first-order valence-electron chi connectivity index (χ1n) is 18.0. The second kappa shape index (κ2) is 11.7. The molecule has 0 saturated carbocycles. The van der Waals surface area contributed by atoms with Gasteiger partial charge in [0.15, 0.2) is 0 Å². The van der Waals surface area contributed by atoms with Crippen molar-refractivity contribution in [2.75, 3.05) is 4.90 Å². The number of fused-ring (bicyclic) bond motifs is 9. The van der Waals surface area contributed by atoms with E-state index in [0.29, 0.717) is 0 Å². The molecule has 248 valence electrons. The van der Waals surface area contributed by atoms with E-state index in [-0.39, 0.29) is 0 Å². The molecular formula is C50H31NO2. The second-order valence-corrected chi connectivity index (χ2v) is 13.7. The van der Waals surface area contributed by atoms with Gasteiger partial charge < -0.3 is 13.7 Å². The van der Waals surface area contributed by atoms with Crippen LogP contribution in [0.5, 0.6) is 0 Å². The average Bonchev–Trinajstić information content (AvgIpc) is 3.80. The highest BCUT2D eigenvalue weighted by Crippen LogP contribution is 2.47. The zero-order chi connectivity index (χ0) is 34.9. The van der Waals surface area contributed by atoms with Crippen molar-refractivity contribution in [3.63, 3.8) is 0 Å². The summed E-state index contributed by atoms with van der Waals surface area (Å²) in [5.74, 6) is 0. The molecule has 0 aliphatic rings. The van der Waals surface area contributed by atoms with Crippen molar-refractivity contribution in [3.05, 3.63) is 188 Å². The highest BCUT2D eigenvalue weighted by atomic mass is 16.3. The minimum atomic E-state index is 0.850. The molecule has 11 aromatic rings. The lowest BCUT2D eigenvalue weighted by Crippen LogP contribution is -2.10. The number of hydrogen-bond donors (Lipinski definition) is 0. The first-order valence-corrected chi connectivity index (χ1v) is 18.0. The Hall–Kier alpha value is -7.10. The predicted octanol–water partition coefficient (Wildman–Crippen LogP) is 14.6. The Balaban J connectivity index is 1.17. The maximum Gasteiger partial charge on any atom is 0.145 e. The molecule has 0 aliphatic heterocycles. The van der Waals surface area contributed by atoms with Crippen molar-refractivity contribution in [2.45, 2.75) is 0 Å². The summed E-state index contributed by atoms with van der Waals surface area (Å²) in [5.41, 5.74) is 11.1. The molecule has 53 heavy (non-hydrogen) atoms. The zero-order valence-electron chi connectivity index (χ0n) is 28.7. The van der Waals surface area contributed by atoms with Gasteiger partial charge in [0.1, 0.15) is 22.3 Å². The maximum absolute atomic E-state index is 6.81. The van der Waals surface area contributed by atoms with Gasteiger partial charge in [-0.3, -0.25) is 0 Å². The normalized spacial score (nSPS) is 11.8. The SMILES string of the molecule is c1ccc(-c2ccc(-c3ccc(N(c4ccc5c(c4)oc4ccccc45)c4ccc5ccc6ccccc6c5c4)c4c3oc3ccccc34)cc2)cc1. The fourth-order valence-electron chi connectivity index (χ4n) is 8.11. The standard InChI is InChI=1S/C50H31NO2/c1-2-10-32(11-3-1)33-18-20-35(21-19-33)40-28-29-45(49-43-15-7-9-17-47(43)53-50(40)49)51(38-26-27-42-41-14-6-8-16-46(41)52-48(42)31-38)37-25-24-36-23-22-34-12-4-5-13-39(34)44(36)30-37/h1-31H. The zero-order valence-corrected chi connectivity index (χ0v) is 28.7. The van der Waals surface area contributed by atoms with Gasteiger partial charge in [0.05, 0.1) is 11.1 Å². The largest absolute Gasteiger partial charge is 0.456 e. The number of nitrogens with zero attached hydrogens (tertiary/aromatic N) is 1. The molecule has 0 amide bonds. The van der Waals surface area contributed by atoms with Crippen molar-refractivity contribution in [3.8, 4) is 22.3 Å². The van der Waals surface area contributed by atoms with Gasteiger partial charge in [-0.25, -0.2) is 0 Å². The summed E-state index contributed by atoms with van der Waals surface area (Å²) in [6.07, 6.45) is 0. The number of furan rings is 2. The third-order valence-corrected chi connectivity index (χ3v) is 10.7. The van der Waals surface area contributed by atoms with Crippen LogP contribution in [0.4, 0.5) is 17.1 Å². The molecule has 0 spiro atoms. The molecule has 3 nitrogen and oxygen atoms in total. The first kappa shape index (κ1) is 29.6. The van der Waals surface area contributed by atoms with Crippen LogP contribution in [0.1, 0.15) is 0 Å². The van der Waals surface area contributed by atoms with E-state index in [1.807, 2.05) is 18.2 Å². The van der Waals surface area contributed by atoms with Crippen molar-refractivity contribution in [1.29, 1.82) is 0 Å². The molecule has 0 unspecified atom stereocenters. The summed E-state index contributed by atoms with van der Waals surface area (Å²) in [6, 6.07) is 66.8. The molecule has 2 heterocycles. The molecule has 0 radical (unpaired) electrons. The van der Waals surface area contributed by atoms with Gasteiger partial charge >= 0.3 is 0 Å². The molecule has 2 aromatic heterocycles. The highest BCUT2D eigenvalue weighted by Gasteiger charge is 2.23. The summed E-state index contributed by atoms with van der Waals surface area (Å²) in [7, 11) is 0. The van der Waals surface area contributed by atoms with Crippen LogP contribution in [0.15, 0.2) is 197 Å². The average molecular weight is 678 g/mol. The Bertz CT molecular complexity index is 3170. The quantitative estimate of drug-likeness (QED) is 0.170. The summed E-state index contributed by atoms with van der Waals surface area (Å²) >= 11 is 0. The van der Waals surface area contributed by atoms with E-state index < -0.39 is 0 Å². The van der Waals surface area contributed by atoms with Crippen molar-refractivity contribution < 1.29 is 8.83 Å². The van der Waals surface area contributed by atoms with Crippen LogP contribution in [0.3, 0.4) is 0 Å². The van der Waals surface area contributed by atoms with Crippen LogP contribution < -0.4 is 4.90 Å². The summed E-state index contributed by atoms with van der Waals surface area (Å²) in [6.45, 7) is 0. The van der Waals surface area contributed by atoms with Crippen LogP contribution >= 0.6 is 0 Å². The van der Waals surface area contributed by atoms with Crippen LogP contribution in [0, 0.1) is 0 Å². The molecule has 0 aliphatic carbocycles. The number of para-hydroxylation sites is 2. The fraction of sp³-hybridized carbons (Fsp3) is 0. The van der Waals surface area contributed by atoms with Gasteiger partial charge in [0.25, 0.3) is 0 Å². The van der Waals surface area contributed by atoms with E-state index in [1.165, 1.54) is 32.7 Å². The van der Waals surface area contributed by atoms with Crippen molar-refractivity contribution in [2.24, 2.45) is 0 Å². The van der Waals surface area contributed by atoms with Gasteiger partial charge in [0, 0.05) is 39.2 Å². The number of anilines is 3. The molecule has 0 fully saturated rings. The first-order chi connectivity index (χ1) is 26.3. The molecule has 0 N–H and O–H groups in total. The molecular weight excluding hydrogens is 647 g/mol. The third kappa shape index (κ3) is 4.75. The Kier molecular flexibility index (Phi) is 6.55. The predicted molar refractivity (Wildman–Crippen MR) is 222 cm³/mol. The van der Waals surface area contributed by atoms with E-state index in [2.05, 4.69) is 175 Å². The second-order valence-electron chi connectivity index (χ2n) is 13.7. The lowest BCUT2D eigenvalue weighted by atomic mass is 9.97. The van der Waals surface area contributed by atoms with Gasteiger partial charge in [-0.05, 0) is 86.8 Å². The fourth-order valence-corrected chi connectivity index (χ4v) is 8.11. The van der Waals surface area contributed by atoms with Crippen molar-refractivity contribution in [1.82, 2.24) is 0 Å². The molecule has 9 aromatic carbocycles. The van der Waals surface area contributed by atoms with Gasteiger partial charge in [0.2, 0.25) is 0 Å². The molecule has 0 bridgehead atoms. The smallest absolute Gasteiger partial charge is 0.145 e. The van der Waals surface area contributed by atoms with Crippen LogP contribution in [-0.2, 0) is 0 Å². The van der Waals surface area contributed by atoms with E-state index in [0.717, 1.165) is 72.1 Å². The molecule has 11 rings (SSSR count). The van der Waals surface area contributed by atoms with E-state index in [9.17, 15) is 0 Å². The number of benzene rings is 9. The van der Waals surface area contributed by atoms with Gasteiger partial charge in [-0.15, -0.1) is 0 Å². The summed E-state index contributed by atoms with van der Waals surface area (Å²) in [4.78, 5) is 2.36. The maximum atomic E-state index is 6.81. The highest BCUT2D eigenvalue weighted by molar-refractivity contribution is 6.18. The Morgan fingerprint density at radius 1 is 0.340 bits per heavy atom. The van der Waals surface area contributed by atoms with Gasteiger partial charge in [-0.1, -0.05) is 133 Å². The minimum Gasteiger partial charge on any atom is -0.456 e. The molecule has 0 atom stereocenters. The van der Waals surface area contributed by atoms with Crippen LogP contribution in [-0.4, -0.2) is 0 Å². The Labute approximate surface area is 305 Å². The Morgan fingerprint density at radius 3 is 1.75 bits per heavy atom. The summed E-state index contributed by atoms with van der Waals surface area (Å²) in [5, 5.41) is 9.21. The van der Waals surface area contributed by atoms with Gasteiger partial charge in [-0.2, -0.15) is 0 Å². The monoisotopic (exact) mass is 677 g/mol. The molecule has 0 saturated heterocycles. The third-order valence-electron chi connectivity index (χ3n) is 10.7.